The number of thiazole rings is 1. The summed E-state index contributed by atoms with van der Waals surface area (Å²) in [7, 11) is 0. The molecule has 0 saturated carbocycles. The number of anilines is 1. The highest BCUT2D eigenvalue weighted by molar-refractivity contribution is 7.07. The molecule has 2 heterocycles. The average Bonchev–Trinajstić information content (AvgIpc) is 2.90. The van der Waals surface area contributed by atoms with Crippen molar-refractivity contribution < 1.29 is 0 Å². The fraction of sp³-hybridized carbons (Fsp3) is 0.455. The molecule has 0 aromatic carbocycles. The number of aryl methyl sites for hydroxylation is 1. The van der Waals surface area contributed by atoms with Crippen LogP contribution in [0.15, 0.2) is 23.2 Å². The summed E-state index contributed by atoms with van der Waals surface area (Å²) in [5.41, 5.74) is 2.94. The van der Waals surface area contributed by atoms with Gasteiger partial charge in [0, 0.05) is 18.0 Å². The van der Waals surface area contributed by atoms with Crippen LogP contribution in [0.2, 0.25) is 0 Å². The van der Waals surface area contributed by atoms with Crippen molar-refractivity contribution in [3.63, 3.8) is 0 Å². The third-order valence-electron chi connectivity index (χ3n) is 2.41. The number of nitrogens with one attached hydrogen (secondary N) is 1. The second kappa shape index (κ2) is 5.12. The molecule has 1 unspecified atom stereocenters. The zero-order valence-electron chi connectivity index (χ0n) is 9.55. The van der Waals surface area contributed by atoms with Gasteiger partial charge in [0.1, 0.15) is 5.82 Å². The molecule has 0 saturated heterocycles. The van der Waals surface area contributed by atoms with Gasteiger partial charge in [-0.25, -0.2) is 9.67 Å². The minimum Gasteiger partial charge on any atom is -0.362 e. The van der Waals surface area contributed by atoms with Crippen molar-refractivity contribution >= 4 is 17.2 Å². The van der Waals surface area contributed by atoms with Gasteiger partial charge < -0.3 is 5.32 Å². The molecule has 5 heteroatoms. The van der Waals surface area contributed by atoms with Gasteiger partial charge in [0.15, 0.2) is 0 Å². The molecule has 4 nitrogen and oxygen atoms in total. The molecular formula is C11H16N4S. The Bertz CT molecular complexity index is 421. The predicted molar refractivity (Wildman–Crippen MR) is 66.7 cm³/mol. The summed E-state index contributed by atoms with van der Waals surface area (Å²) >= 11 is 1.62. The molecule has 0 amide bonds. The largest absolute Gasteiger partial charge is 0.362 e. The van der Waals surface area contributed by atoms with Crippen LogP contribution in [0, 0.1) is 0 Å². The van der Waals surface area contributed by atoms with E-state index < -0.39 is 0 Å². The fourth-order valence-electron chi connectivity index (χ4n) is 1.58. The zero-order valence-corrected chi connectivity index (χ0v) is 10.4. The fourth-order valence-corrected chi connectivity index (χ4v) is 2.22. The Labute approximate surface area is 99.3 Å². The molecule has 0 aliphatic carbocycles. The lowest BCUT2D eigenvalue weighted by Gasteiger charge is -2.14. The number of aromatic nitrogens is 3. The van der Waals surface area contributed by atoms with Crippen molar-refractivity contribution in [3.8, 4) is 0 Å². The molecular weight excluding hydrogens is 220 g/mol. The van der Waals surface area contributed by atoms with E-state index in [-0.39, 0.29) is 6.04 Å². The summed E-state index contributed by atoms with van der Waals surface area (Å²) in [6.45, 7) is 5.20. The van der Waals surface area contributed by atoms with E-state index in [1.54, 1.807) is 11.3 Å². The van der Waals surface area contributed by atoms with Gasteiger partial charge in [0.05, 0.1) is 23.4 Å². The Morgan fingerprint density at radius 1 is 1.56 bits per heavy atom. The number of nitrogens with zero attached hydrogens (tertiary/aromatic N) is 3. The molecule has 86 valence electrons. The molecule has 2 aromatic rings. The molecule has 0 radical (unpaired) electrons. The highest BCUT2D eigenvalue weighted by atomic mass is 32.1. The van der Waals surface area contributed by atoms with Crippen molar-refractivity contribution in [1.82, 2.24) is 14.8 Å². The second-order valence-electron chi connectivity index (χ2n) is 3.72. The molecule has 0 spiro atoms. The Balaban J connectivity index is 2.06. The zero-order chi connectivity index (χ0) is 11.4. The Morgan fingerprint density at radius 2 is 2.44 bits per heavy atom. The van der Waals surface area contributed by atoms with Crippen molar-refractivity contribution in [3.05, 3.63) is 28.8 Å². The number of rotatable bonds is 5. The standard InChI is InChI=1S/C11H16N4S/c1-3-6-15-11(4-5-13-15)14-9(2)10-7-16-8-12-10/h4-5,7-9,14H,3,6H2,1-2H3. The van der Waals surface area contributed by atoms with Crippen LogP contribution < -0.4 is 5.32 Å². The van der Waals surface area contributed by atoms with Gasteiger partial charge in [-0.05, 0) is 13.3 Å². The minimum absolute atomic E-state index is 0.221. The van der Waals surface area contributed by atoms with E-state index in [0.29, 0.717) is 0 Å². The first-order chi connectivity index (χ1) is 7.81. The smallest absolute Gasteiger partial charge is 0.124 e. The maximum Gasteiger partial charge on any atom is 0.124 e. The van der Waals surface area contributed by atoms with Gasteiger partial charge in [0.25, 0.3) is 0 Å². The van der Waals surface area contributed by atoms with Crippen LogP contribution in [0.3, 0.4) is 0 Å². The Morgan fingerprint density at radius 3 is 3.12 bits per heavy atom. The van der Waals surface area contributed by atoms with Crippen LogP contribution in [-0.2, 0) is 6.54 Å². The van der Waals surface area contributed by atoms with E-state index in [4.69, 9.17) is 0 Å². The lowest BCUT2D eigenvalue weighted by molar-refractivity contribution is 0.603. The van der Waals surface area contributed by atoms with Gasteiger partial charge in [-0.3, -0.25) is 0 Å². The van der Waals surface area contributed by atoms with Gasteiger partial charge in [-0.1, -0.05) is 6.92 Å². The van der Waals surface area contributed by atoms with Gasteiger partial charge in [-0.15, -0.1) is 11.3 Å². The highest BCUT2D eigenvalue weighted by Crippen LogP contribution is 2.18. The molecule has 1 N–H and O–H groups in total. The lowest BCUT2D eigenvalue weighted by atomic mass is 10.2. The molecule has 0 bridgehead atoms. The summed E-state index contributed by atoms with van der Waals surface area (Å²) in [6.07, 6.45) is 2.91. The van der Waals surface area contributed by atoms with E-state index in [2.05, 4.69) is 34.6 Å². The van der Waals surface area contributed by atoms with Crippen LogP contribution in [0.4, 0.5) is 5.82 Å². The van der Waals surface area contributed by atoms with E-state index in [1.165, 1.54) is 0 Å². The van der Waals surface area contributed by atoms with E-state index in [0.717, 1.165) is 24.5 Å². The summed E-state index contributed by atoms with van der Waals surface area (Å²) in [5.74, 6) is 1.06. The predicted octanol–water partition coefficient (Wildman–Crippen LogP) is 2.92. The third kappa shape index (κ3) is 2.41. The number of hydrogen-bond acceptors (Lipinski definition) is 4. The van der Waals surface area contributed by atoms with Crippen LogP contribution in [-0.4, -0.2) is 14.8 Å². The summed E-state index contributed by atoms with van der Waals surface area (Å²) in [5, 5.41) is 9.77. The van der Waals surface area contributed by atoms with Crippen LogP contribution in [0.25, 0.3) is 0 Å². The molecule has 1 atom stereocenters. The van der Waals surface area contributed by atoms with E-state index in [1.807, 2.05) is 22.5 Å². The monoisotopic (exact) mass is 236 g/mol. The second-order valence-corrected chi connectivity index (χ2v) is 4.44. The third-order valence-corrected chi connectivity index (χ3v) is 3.02. The highest BCUT2D eigenvalue weighted by Gasteiger charge is 2.09. The topological polar surface area (TPSA) is 42.7 Å². The Hall–Kier alpha value is -1.36. The number of hydrogen-bond donors (Lipinski definition) is 1. The maximum absolute atomic E-state index is 4.30. The Kier molecular flexibility index (Phi) is 3.56. The van der Waals surface area contributed by atoms with E-state index in [9.17, 15) is 0 Å². The molecule has 16 heavy (non-hydrogen) atoms. The van der Waals surface area contributed by atoms with Gasteiger partial charge >= 0.3 is 0 Å². The first-order valence-electron chi connectivity index (χ1n) is 5.47. The van der Waals surface area contributed by atoms with Crippen molar-refractivity contribution in [2.45, 2.75) is 32.9 Å². The minimum atomic E-state index is 0.221. The first kappa shape index (κ1) is 11.1. The quantitative estimate of drug-likeness (QED) is 0.868. The van der Waals surface area contributed by atoms with Crippen LogP contribution in [0.5, 0.6) is 0 Å². The molecule has 2 rings (SSSR count). The summed E-state index contributed by atoms with van der Waals surface area (Å²) in [6, 6.07) is 2.22. The van der Waals surface area contributed by atoms with E-state index >= 15 is 0 Å². The normalized spacial score (nSPS) is 12.6. The molecule has 0 aliphatic rings. The van der Waals surface area contributed by atoms with Crippen molar-refractivity contribution in [1.29, 1.82) is 0 Å². The van der Waals surface area contributed by atoms with Crippen LogP contribution in [0.1, 0.15) is 32.0 Å². The van der Waals surface area contributed by atoms with Gasteiger partial charge in [-0.2, -0.15) is 5.10 Å². The lowest BCUT2D eigenvalue weighted by Crippen LogP contribution is -2.12. The maximum atomic E-state index is 4.30. The van der Waals surface area contributed by atoms with Crippen LogP contribution >= 0.6 is 11.3 Å². The molecule has 0 fully saturated rings. The first-order valence-corrected chi connectivity index (χ1v) is 6.42. The SMILES string of the molecule is CCCn1nccc1NC(C)c1cscn1. The summed E-state index contributed by atoms with van der Waals surface area (Å²) < 4.78 is 1.99. The van der Waals surface area contributed by atoms with Crippen molar-refractivity contribution in [2.24, 2.45) is 0 Å². The van der Waals surface area contributed by atoms with Crippen molar-refractivity contribution in [2.75, 3.05) is 5.32 Å². The average molecular weight is 236 g/mol. The molecule has 2 aromatic heterocycles. The molecule has 0 aliphatic heterocycles. The van der Waals surface area contributed by atoms with Gasteiger partial charge in [0.2, 0.25) is 0 Å². The summed E-state index contributed by atoms with van der Waals surface area (Å²) in [4.78, 5) is 4.30.